The summed E-state index contributed by atoms with van der Waals surface area (Å²) < 4.78 is 68.1. The summed E-state index contributed by atoms with van der Waals surface area (Å²) in [7, 11) is 0. The molecule has 0 spiro atoms. The molecule has 188 valence electrons. The van der Waals surface area contributed by atoms with Gasteiger partial charge >= 0.3 is 6.18 Å². The highest BCUT2D eigenvalue weighted by Gasteiger charge is 2.39. The largest absolute Gasteiger partial charge is 0.390 e. The summed E-state index contributed by atoms with van der Waals surface area (Å²) in [6, 6.07) is 1.07. The molecule has 3 heterocycles. The number of aryl methyl sites for hydroxylation is 1. The molecule has 1 saturated carbocycles. The number of rotatable bonds is 7. The minimum Gasteiger partial charge on any atom is -0.343 e. The summed E-state index contributed by atoms with van der Waals surface area (Å²) in [5.74, 6) is -3.61. The van der Waals surface area contributed by atoms with Gasteiger partial charge in [0, 0.05) is 25.1 Å². The minimum absolute atomic E-state index is 0.120. The van der Waals surface area contributed by atoms with Crippen LogP contribution in [0, 0.1) is 12.8 Å². The maximum atomic E-state index is 13.8. The summed E-state index contributed by atoms with van der Waals surface area (Å²) in [4.78, 5) is 17.7. The van der Waals surface area contributed by atoms with E-state index in [1.165, 1.54) is 17.6 Å². The zero-order chi connectivity index (χ0) is 25.4. The lowest BCUT2D eigenvalue weighted by Crippen LogP contribution is -2.37. The van der Waals surface area contributed by atoms with Gasteiger partial charge in [-0.25, -0.2) is 18.3 Å². The molecule has 3 aromatic heterocycles. The Kier molecular flexibility index (Phi) is 6.65. The number of hydrogen-bond donors (Lipinski definition) is 1. The van der Waals surface area contributed by atoms with Gasteiger partial charge in [-0.2, -0.15) is 23.4 Å². The van der Waals surface area contributed by atoms with E-state index < -0.39 is 37.0 Å². The van der Waals surface area contributed by atoms with Crippen LogP contribution in [0.5, 0.6) is 0 Å². The lowest BCUT2D eigenvalue weighted by Gasteiger charge is -2.33. The van der Waals surface area contributed by atoms with E-state index in [-0.39, 0.29) is 42.9 Å². The van der Waals surface area contributed by atoms with E-state index in [2.05, 4.69) is 27.1 Å². The van der Waals surface area contributed by atoms with Crippen LogP contribution in [0.15, 0.2) is 31.2 Å². The zero-order valence-corrected chi connectivity index (χ0v) is 19.0. The number of fused-ring (bicyclic) bond motifs is 1. The number of hydrogen-bond acceptors (Lipinski definition) is 4. The number of aromatic nitrogens is 5. The first-order chi connectivity index (χ1) is 16.5. The Morgan fingerprint density at radius 3 is 2.66 bits per heavy atom. The van der Waals surface area contributed by atoms with Crippen molar-refractivity contribution in [3.8, 4) is 0 Å². The Hall–Kier alpha value is -3.31. The molecular weight excluding hydrogens is 471 g/mol. The fourth-order valence-electron chi connectivity index (χ4n) is 4.35. The molecule has 12 heteroatoms. The van der Waals surface area contributed by atoms with E-state index in [1.807, 2.05) is 0 Å². The number of alkyl halides is 5. The maximum Gasteiger partial charge on any atom is 0.390 e. The zero-order valence-electron chi connectivity index (χ0n) is 19.0. The average Bonchev–Trinajstić information content (AvgIpc) is 3.38. The molecule has 0 aliphatic heterocycles. The molecular formula is C23H25F5N6O. The predicted octanol–water partition coefficient (Wildman–Crippen LogP) is 5.13. The number of nitrogens with zero attached hydrogens (tertiary/aromatic N) is 5. The van der Waals surface area contributed by atoms with Crippen LogP contribution >= 0.6 is 0 Å². The maximum absolute atomic E-state index is 13.8. The molecule has 7 nitrogen and oxygen atoms in total. The molecule has 1 N–H and O–H groups in total. The Balaban J connectivity index is 1.60. The fraction of sp³-hybridized carbons (Fsp3) is 0.478. The fourth-order valence-corrected chi connectivity index (χ4v) is 4.35. The quantitative estimate of drug-likeness (QED) is 0.461. The van der Waals surface area contributed by atoms with E-state index in [0.29, 0.717) is 11.3 Å². The van der Waals surface area contributed by atoms with Crippen molar-refractivity contribution in [2.45, 2.75) is 63.7 Å². The molecule has 1 amide bonds. The van der Waals surface area contributed by atoms with Gasteiger partial charge in [0.05, 0.1) is 42.3 Å². The molecule has 1 unspecified atom stereocenters. The van der Waals surface area contributed by atoms with Gasteiger partial charge in [0.25, 0.3) is 5.91 Å². The highest BCUT2D eigenvalue weighted by Crippen LogP contribution is 2.41. The molecule has 1 aliphatic rings. The van der Waals surface area contributed by atoms with Gasteiger partial charge in [0.15, 0.2) is 5.65 Å². The molecule has 4 rings (SSSR count). The Bertz CT molecular complexity index is 1220. The second kappa shape index (κ2) is 9.38. The lowest BCUT2D eigenvalue weighted by molar-refractivity contribution is -0.137. The first-order valence-corrected chi connectivity index (χ1v) is 11.2. The SMILES string of the molecule is C=Cc1cnn2cc(C(NC(=O)c3cnn(CCC(F)(F)F)c3C)C3CCC(F)(F)CC3)nc2c1. The summed E-state index contributed by atoms with van der Waals surface area (Å²) in [6.45, 7) is 4.81. The summed E-state index contributed by atoms with van der Waals surface area (Å²) in [5, 5.41) is 11.1. The van der Waals surface area contributed by atoms with E-state index in [0.717, 1.165) is 10.2 Å². The number of nitrogens with one attached hydrogen (secondary N) is 1. The van der Waals surface area contributed by atoms with Crippen LogP contribution in [-0.2, 0) is 6.54 Å². The molecule has 0 radical (unpaired) electrons. The van der Waals surface area contributed by atoms with Crippen molar-refractivity contribution in [2.75, 3.05) is 0 Å². The molecule has 0 aromatic carbocycles. The van der Waals surface area contributed by atoms with Crippen LogP contribution < -0.4 is 5.32 Å². The number of halogens is 5. The number of amides is 1. The normalized spacial score (nSPS) is 17.4. The van der Waals surface area contributed by atoms with Gasteiger partial charge in [0.2, 0.25) is 5.92 Å². The monoisotopic (exact) mass is 496 g/mol. The highest BCUT2D eigenvalue weighted by molar-refractivity contribution is 5.95. The molecule has 3 aromatic rings. The van der Waals surface area contributed by atoms with E-state index in [9.17, 15) is 26.7 Å². The highest BCUT2D eigenvalue weighted by atomic mass is 19.4. The van der Waals surface area contributed by atoms with E-state index in [4.69, 9.17) is 0 Å². The number of carbonyl (C=O) groups is 1. The third-order valence-corrected chi connectivity index (χ3v) is 6.39. The topological polar surface area (TPSA) is 77.1 Å². The van der Waals surface area contributed by atoms with Crippen LogP contribution in [-0.4, -0.2) is 42.4 Å². The molecule has 1 atom stereocenters. The number of carbonyl (C=O) groups excluding carboxylic acids is 1. The van der Waals surface area contributed by atoms with Crippen LogP contribution in [0.4, 0.5) is 22.0 Å². The summed E-state index contributed by atoms with van der Waals surface area (Å²) in [5.41, 5.74) is 2.12. The Labute approximate surface area is 198 Å². The van der Waals surface area contributed by atoms with Crippen molar-refractivity contribution < 1.29 is 26.7 Å². The summed E-state index contributed by atoms with van der Waals surface area (Å²) >= 11 is 0. The van der Waals surface area contributed by atoms with Gasteiger partial charge in [0.1, 0.15) is 0 Å². The standard InChI is InChI=1S/C23H25F5N6O/c1-3-15-10-19-31-18(13-34(19)29-11-15)20(16-4-6-22(24,25)7-5-16)32-21(35)17-12-30-33(14(17)2)9-8-23(26,27)28/h3,10-13,16,20H,1,4-9H2,2H3,(H,32,35). The van der Waals surface area contributed by atoms with Gasteiger partial charge in [-0.3, -0.25) is 9.48 Å². The third-order valence-electron chi connectivity index (χ3n) is 6.39. The lowest BCUT2D eigenvalue weighted by atomic mass is 9.81. The average molecular weight is 496 g/mol. The van der Waals surface area contributed by atoms with Crippen LogP contribution in [0.1, 0.15) is 65.5 Å². The van der Waals surface area contributed by atoms with Gasteiger partial charge in [-0.15, -0.1) is 0 Å². The van der Waals surface area contributed by atoms with E-state index in [1.54, 1.807) is 24.5 Å². The molecule has 1 fully saturated rings. The third kappa shape index (κ3) is 5.68. The van der Waals surface area contributed by atoms with Crippen molar-refractivity contribution in [2.24, 2.45) is 5.92 Å². The first kappa shape index (κ1) is 24.8. The molecule has 1 aliphatic carbocycles. The molecule has 0 saturated heterocycles. The Morgan fingerprint density at radius 2 is 2.00 bits per heavy atom. The predicted molar refractivity (Wildman–Crippen MR) is 118 cm³/mol. The smallest absolute Gasteiger partial charge is 0.343 e. The van der Waals surface area contributed by atoms with Crippen molar-refractivity contribution in [3.05, 3.63) is 53.8 Å². The van der Waals surface area contributed by atoms with Crippen molar-refractivity contribution >= 4 is 17.6 Å². The number of imidazole rings is 1. The first-order valence-electron chi connectivity index (χ1n) is 11.2. The van der Waals surface area contributed by atoms with Gasteiger partial charge in [-0.1, -0.05) is 12.7 Å². The second-order valence-corrected chi connectivity index (χ2v) is 8.84. The van der Waals surface area contributed by atoms with Crippen LogP contribution in [0.3, 0.4) is 0 Å². The Morgan fingerprint density at radius 1 is 1.29 bits per heavy atom. The van der Waals surface area contributed by atoms with Crippen LogP contribution in [0.25, 0.3) is 11.7 Å². The second-order valence-electron chi connectivity index (χ2n) is 8.84. The van der Waals surface area contributed by atoms with E-state index >= 15 is 0 Å². The van der Waals surface area contributed by atoms with Crippen molar-refractivity contribution in [1.29, 1.82) is 0 Å². The van der Waals surface area contributed by atoms with Crippen molar-refractivity contribution in [1.82, 2.24) is 29.7 Å². The van der Waals surface area contributed by atoms with Gasteiger partial charge in [-0.05, 0) is 37.3 Å². The van der Waals surface area contributed by atoms with Crippen molar-refractivity contribution in [3.63, 3.8) is 0 Å². The van der Waals surface area contributed by atoms with Crippen LogP contribution in [0.2, 0.25) is 0 Å². The molecule has 35 heavy (non-hydrogen) atoms. The molecule has 0 bridgehead atoms. The van der Waals surface area contributed by atoms with Gasteiger partial charge < -0.3 is 5.32 Å². The summed E-state index contributed by atoms with van der Waals surface area (Å²) in [6.07, 6.45) is 0.404. The minimum atomic E-state index is -4.35.